The molecule has 3 rings (SSSR count). The number of amides is 1. The molecular formula is C13H14BrN3O2S. The third-order valence-electron chi connectivity index (χ3n) is 3.44. The Labute approximate surface area is 129 Å². The summed E-state index contributed by atoms with van der Waals surface area (Å²) in [5.74, 6) is 1.52. The van der Waals surface area contributed by atoms with Crippen LogP contribution in [-0.4, -0.2) is 34.0 Å². The van der Waals surface area contributed by atoms with Gasteiger partial charge in [-0.05, 0) is 42.3 Å². The summed E-state index contributed by atoms with van der Waals surface area (Å²) in [6, 6.07) is 1.90. The number of nitrogens with zero attached hydrogens (tertiary/aromatic N) is 3. The standard InChI is InChI=1S/C13H14BrN3O2S/c1-7-10(14)5-11(20-7)13(18)17-4-3-9(6-17)12-15-8(2)16-19-12/h5,9H,3-4,6H2,1-2H3. The van der Waals surface area contributed by atoms with Crippen LogP contribution in [0.3, 0.4) is 0 Å². The van der Waals surface area contributed by atoms with Gasteiger partial charge in [0.2, 0.25) is 5.89 Å². The van der Waals surface area contributed by atoms with Gasteiger partial charge in [-0.25, -0.2) is 0 Å². The highest BCUT2D eigenvalue weighted by Crippen LogP contribution is 2.31. The number of carbonyl (C=O) groups is 1. The molecule has 0 N–H and O–H groups in total. The first-order chi connectivity index (χ1) is 9.54. The van der Waals surface area contributed by atoms with Gasteiger partial charge in [-0.2, -0.15) is 4.98 Å². The first-order valence-corrected chi connectivity index (χ1v) is 8.01. The molecule has 1 fully saturated rings. The lowest BCUT2D eigenvalue weighted by Gasteiger charge is -2.14. The number of carbonyl (C=O) groups excluding carboxylic acids is 1. The highest BCUT2D eigenvalue weighted by molar-refractivity contribution is 9.10. The lowest BCUT2D eigenvalue weighted by atomic mass is 10.1. The molecule has 106 valence electrons. The Morgan fingerprint density at radius 3 is 2.95 bits per heavy atom. The van der Waals surface area contributed by atoms with E-state index in [2.05, 4.69) is 26.1 Å². The molecule has 1 aliphatic heterocycles. The fourth-order valence-electron chi connectivity index (χ4n) is 2.35. The van der Waals surface area contributed by atoms with Crippen LogP contribution in [0.4, 0.5) is 0 Å². The second kappa shape index (κ2) is 5.29. The summed E-state index contributed by atoms with van der Waals surface area (Å²) < 4.78 is 6.20. The van der Waals surface area contributed by atoms with Gasteiger partial charge in [0.15, 0.2) is 5.82 Å². The maximum atomic E-state index is 12.4. The summed E-state index contributed by atoms with van der Waals surface area (Å²) >= 11 is 4.97. The minimum absolute atomic E-state index is 0.0857. The maximum absolute atomic E-state index is 12.4. The van der Waals surface area contributed by atoms with Crippen LogP contribution in [0.15, 0.2) is 15.1 Å². The van der Waals surface area contributed by atoms with Gasteiger partial charge in [-0.1, -0.05) is 5.16 Å². The van der Waals surface area contributed by atoms with Crippen molar-refractivity contribution in [3.63, 3.8) is 0 Å². The molecule has 7 heteroatoms. The van der Waals surface area contributed by atoms with Crippen molar-refractivity contribution < 1.29 is 9.32 Å². The molecule has 3 heterocycles. The lowest BCUT2D eigenvalue weighted by Crippen LogP contribution is -2.27. The van der Waals surface area contributed by atoms with Crippen molar-refractivity contribution in [3.8, 4) is 0 Å². The maximum Gasteiger partial charge on any atom is 0.263 e. The third kappa shape index (κ3) is 2.52. The van der Waals surface area contributed by atoms with Crippen molar-refractivity contribution >= 4 is 33.2 Å². The van der Waals surface area contributed by atoms with Crippen LogP contribution in [0.25, 0.3) is 0 Å². The first kappa shape index (κ1) is 13.8. The molecule has 5 nitrogen and oxygen atoms in total. The summed E-state index contributed by atoms with van der Waals surface area (Å²) in [6.07, 6.45) is 0.874. The van der Waals surface area contributed by atoms with E-state index in [9.17, 15) is 4.79 Å². The second-order valence-electron chi connectivity index (χ2n) is 4.93. The van der Waals surface area contributed by atoms with Crippen LogP contribution in [0.1, 0.15) is 38.6 Å². The average molecular weight is 356 g/mol. The fourth-order valence-corrected chi connectivity index (χ4v) is 3.85. The van der Waals surface area contributed by atoms with E-state index < -0.39 is 0 Å². The summed E-state index contributed by atoms with van der Waals surface area (Å²) in [7, 11) is 0. The third-order valence-corrected chi connectivity index (χ3v) is 5.56. The second-order valence-corrected chi connectivity index (χ2v) is 7.04. The smallest absolute Gasteiger partial charge is 0.263 e. The zero-order valence-corrected chi connectivity index (χ0v) is 13.6. The normalized spacial score (nSPS) is 18.8. The molecule has 1 aliphatic rings. The van der Waals surface area contributed by atoms with E-state index in [0.29, 0.717) is 18.3 Å². The van der Waals surface area contributed by atoms with Crippen LogP contribution in [0, 0.1) is 13.8 Å². The zero-order chi connectivity index (χ0) is 14.3. The molecule has 0 aromatic carbocycles. The number of rotatable bonds is 2. The predicted molar refractivity (Wildman–Crippen MR) is 79.1 cm³/mol. The fraction of sp³-hybridized carbons (Fsp3) is 0.462. The number of likely N-dealkylation sites (tertiary alicyclic amines) is 1. The summed E-state index contributed by atoms with van der Waals surface area (Å²) in [5.41, 5.74) is 0. The SMILES string of the molecule is Cc1noc(C2CCN(C(=O)c3cc(Br)c(C)s3)C2)n1. The number of hydrogen-bond donors (Lipinski definition) is 0. The molecule has 0 radical (unpaired) electrons. The number of aryl methyl sites for hydroxylation is 2. The van der Waals surface area contributed by atoms with Gasteiger partial charge in [-0.3, -0.25) is 4.79 Å². The molecule has 0 bridgehead atoms. The van der Waals surface area contributed by atoms with Crippen LogP contribution in [-0.2, 0) is 0 Å². The molecule has 0 spiro atoms. The van der Waals surface area contributed by atoms with Gasteiger partial charge in [0.25, 0.3) is 5.91 Å². The number of aromatic nitrogens is 2. The van der Waals surface area contributed by atoms with E-state index in [1.807, 2.05) is 17.9 Å². The highest BCUT2D eigenvalue weighted by atomic mass is 79.9. The van der Waals surface area contributed by atoms with Crippen LogP contribution >= 0.6 is 27.3 Å². The Hall–Kier alpha value is -1.21. The van der Waals surface area contributed by atoms with Gasteiger partial charge in [0.1, 0.15) is 0 Å². The average Bonchev–Trinajstić information content (AvgIpc) is 3.10. The van der Waals surface area contributed by atoms with Crippen molar-refractivity contribution in [3.05, 3.63) is 32.0 Å². The number of halogens is 1. The molecule has 1 amide bonds. The van der Waals surface area contributed by atoms with Crippen molar-refractivity contribution in [1.29, 1.82) is 0 Å². The van der Waals surface area contributed by atoms with E-state index in [0.717, 1.165) is 27.2 Å². The van der Waals surface area contributed by atoms with Gasteiger partial charge in [0.05, 0.1) is 10.8 Å². The molecule has 1 atom stereocenters. The van der Waals surface area contributed by atoms with Gasteiger partial charge in [0, 0.05) is 22.4 Å². The van der Waals surface area contributed by atoms with E-state index in [1.165, 1.54) is 11.3 Å². The van der Waals surface area contributed by atoms with Crippen LogP contribution in [0.5, 0.6) is 0 Å². The molecule has 0 aliphatic carbocycles. The highest BCUT2D eigenvalue weighted by Gasteiger charge is 2.31. The predicted octanol–water partition coefficient (Wildman–Crippen LogP) is 3.14. The first-order valence-electron chi connectivity index (χ1n) is 6.40. The van der Waals surface area contributed by atoms with Gasteiger partial charge in [-0.15, -0.1) is 11.3 Å². The molecule has 1 unspecified atom stereocenters. The molecule has 2 aromatic rings. The summed E-state index contributed by atoms with van der Waals surface area (Å²) in [4.78, 5) is 20.5. The van der Waals surface area contributed by atoms with E-state index in [-0.39, 0.29) is 11.8 Å². The number of thiophene rings is 1. The van der Waals surface area contributed by atoms with Crippen LogP contribution < -0.4 is 0 Å². The molecule has 1 saturated heterocycles. The summed E-state index contributed by atoms with van der Waals surface area (Å²) in [6.45, 7) is 5.19. The van der Waals surface area contributed by atoms with E-state index in [4.69, 9.17) is 4.52 Å². The van der Waals surface area contributed by atoms with Crippen molar-refractivity contribution in [2.75, 3.05) is 13.1 Å². The number of hydrogen-bond acceptors (Lipinski definition) is 5. The van der Waals surface area contributed by atoms with Crippen molar-refractivity contribution in [2.45, 2.75) is 26.2 Å². The Kier molecular flexibility index (Phi) is 3.64. The molecule has 0 saturated carbocycles. The quantitative estimate of drug-likeness (QED) is 0.830. The largest absolute Gasteiger partial charge is 0.339 e. The van der Waals surface area contributed by atoms with Crippen LogP contribution in [0.2, 0.25) is 0 Å². The van der Waals surface area contributed by atoms with E-state index >= 15 is 0 Å². The zero-order valence-electron chi connectivity index (χ0n) is 11.2. The Bertz CT molecular complexity index is 632. The van der Waals surface area contributed by atoms with Gasteiger partial charge >= 0.3 is 0 Å². The Morgan fingerprint density at radius 2 is 2.35 bits per heavy atom. The van der Waals surface area contributed by atoms with Crippen molar-refractivity contribution in [1.82, 2.24) is 15.0 Å². The Balaban J connectivity index is 1.72. The molecule has 2 aromatic heterocycles. The van der Waals surface area contributed by atoms with Crippen molar-refractivity contribution in [2.24, 2.45) is 0 Å². The van der Waals surface area contributed by atoms with Gasteiger partial charge < -0.3 is 9.42 Å². The molecule has 20 heavy (non-hydrogen) atoms. The molecular weight excluding hydrogens is 342 g/mol. The summed E-state index contributed by atoms with van der Waals surface area (Å²) in [5, 5.41) is 3.81. The Morgan fingerprint density at radius 1 is 1.55 bits per heavy atom. The topological polar surface area (TPSA) is 59.2 Å². The van der Waals surface area contributed by atoms with E-state index in [1.54, 1.807) is 6.92 Å². The minimum atomic E-state index is 0.0857. The lowest BCUT2D eigenvalue weighted by molar-refractivity contribution is 0.0794. The monoisotopic (exact) mass is 355 g/mol. The minimum Gasteiger partial charge on any atom is -0.339 e.